The van der Waals surface area contributed by atoms with Crippen molar-refractivity contribution in [2.75, 3.05) is 5.32 Å². The van der Waals surface area contributed by atoms with Crippen molar-refractivity contribution in [1.29, 1.82) is 0 Å². The van der Waals surface area contributed by atoms with E-state index >= 15 is 0 Å². The Balaban J connectivity index is 1.82. The Morgan fingerprint density at radius 2 is 2.07 bits per heavy atom. The molecule has 0 radical (unpaired) electrons. The Morgan fingerprint density at radius 1 is 1.30 bits per heavy atom. The second-order valence-electron chi connectivity index (χ2n) is 6.46. The van der Waals surface area contributed by atoms with Crippen LogP contribution in [0.3, 0.4) is 0 Å². The van der Waals surface area contributed by atoms with Crippen LogP contribution in [0.4, 0.5) is 14.6 Å². The van der Waals surface area contributed by atoms with Gasteiger partial charge in [-0.15, -0.1) is 0 Å². The van der Waals surface area contributed by atoms with Gasteiger partial charge in [-0.3, -0.25) is 4.79 Å². The molecule has 0 unspecified atom stereocenters. The fourth-order valence-electron chi connectivity index (χ4n) is 2.49. The molecule has 3 aromatic rings. The molecule has 4 rings (SSSR count). The molecule has 3 heterocycles. The second kappa shape index (κ2) is 6.22. The lowest BCUT2D eigenvalue weighted by Gasteiger charge is -2.13. The molecule has 27 heavy (non-hydrogen) atoms. The predicted octanol–water partition coefficient (Wildman–Crippen LogP) is 2.82. The number of nitrogens with zero attached hydrogens (tertiary/aromatic N) is 5. The van der Waals surface area contributed by atoms with Gasteiger partial charge in [-0.2, -0.15) is 18.9 Å². The minimum Gasteiger partial charge on any atom is -0.474 e. The van der Waals surface area contributed by atoms with E-state index in [1.165, 1.54) is 30.1 Å². The lowest BCUT2D eigenvalue weighted by molar-refractivity contribution is -0.114. The number of pyridine rings is 1. The first-order valence-electron chi connectivity index (χ1n) is 8.35. The SMILES string of the molecule is CC(=O)Nc1cc2c(cn1)cnn2-c1cc(OC2CC2)nc(C(C)(F)F)n1. The van der Waals surface area contributed by atoms with Crippen molar-refractivity contribution in [1.82, 2.24) is 24.7 Å². The Labute approximate surface area is 152 Å². The van der Waals surface area contributed by atoms with Crippen molar-refractivity contribution in [2.24, 2.45) is 0 Å². The van der Waals surface area contributed by atoms with Crippen molar-refractivity contribution in [3.63, 3.8) is 0 Å². The summed E-state index contributed by atoms with van der Waals surface area (Å²) >= 11 is 0. The van der Waals surface area contributed by atoms with E-state index in [9.17, 15) is 13.6 Å². The third-order valence-corrected chi connectivity index (χ3v) is 3.87. The highest BCUT2D eigenvalue weighted by molar-refractivity contribution is 5.90. The van der Waals surface area contributed by atoms with Crippen LogP contribution in [0, 0.1) is 0 Å². The third-order valence-electron chi connectivity index (χ3n) is 3.87. The first-order chi connectivity index (χ1) is 12.8. The molecule has 1 aliphatic carbocycles. The fourth-order valence-corrected chi connectivity index (χ4v) is 2.49. The van der Waals surface area contributed by atoms with Gasteiger partial charge in [-0.1, -0.05) is 0 Å². The van der Waals surface area contributed by atoms with E-state index in [0.717, 1.165) is 19.8 Å². The normalized spacial score (nSPS) is 14.4. The van der Waals surface area contributed by atoms with Gasteiger partial charge in [0.15, 0.2) is 5.82 Å². The summed E-state index contributed by atoms with van der Waals surface area (Å²) < 4.78 is 34.7. The maximum absolute atomic E-state index is 13.9. The summed E-state index contributed by atoms with van der Waals surface area (Å²) in [4.78, 5) is 23.2. The maximum Gasteiger partial charge on any atom is 0.304 e. The molecule has 140 valence electrons. The Hall–Kier alpha value is -3.17. The Kier molecular flexibility index (Phi) is 3.97. The minimum absolute atomic E-state index is 0.00369. The molecule has 1 N–H and O–H groups in total. The van der Waals surface area contributed by atoms with Crippen molar-refractivity contribution in [3.05, 3.63) is 30.4 Å². The zero-order valence-corrected chi connectivity index (χ0v) is 14.6. The molecule has 1 aliphatic rings. The van der Waals surface area contributed by atoms with Gasteiger partial charge >= 0.3 is 5.92 Å². The average molecular weight is 374 g/mol. The molecule has 0 saturated heterocycles. The molecule has 1 saturated carbocycles. The van der Waals surface area contributed by atoms with Gasteiger partial charge in [-0.05, 0) is 12.8 Å². The van der Waals surface area contributed by atoms with Gasteiger partial charge < -0.3 is 10.1 Å². The van der Waals surface area contributed by atoms with Gasteiger partial charge in [0.1, 0.15) is 11.9 Å². The summed E-state index contributed by atoms with van der Waals surface area (Å²) in [6.07, 6.45) is 4.80. The number of anilines is 1. The van der Waals surface area contributed by atoms with E-state index in [2.05, 4.69) is 25.4 Å². The van der Waals surface area contributed by atoms with Crippen LogP contribution in [0.1, 0.15) is 32.5 Å². The molecule has 0 aliphatic heterocycles. The van der Waals surface area contributed by atoms with Crippen LogP contribution in [-0.4, -0.2) is 36.7 Å². The minimum atomic E-state index is -3.23. The molecule has 1 amide bonds. The number of hydrogen-bond donors (Lipinski definition) is 1. The topological polar surface area (TPSA) is 94.8 Å². The fraction of sp³-hybridized carbons (Fsp3) is 0.353. The van der Waals surface area contributed by atoms with E-state index in [1.807, 2.05) is 0 Å². The average Bonchev–Trinajstić information content (AvgIpc) is 3.29. The molecular formula is C17H16F2N6O2. The number of nitrogens with one attached hydrogen (secondary N) is 1. The summed E-state index contributed by atoms with van der Waals surface area (Å²) in [5.74, 6) is -3.60. The first kappa shape index (κ1) is 17.3. The molecule has 0 atom stereocenters. The van der Waals surface area contributed by atoms with Gasteiger partial charge in [-0.25, -0.2) is 14.6 Å². The number of amides is 1. The van der Waals surface area contributed by atoms with Crippen LogP contribution >= 0.6 is 0 Å². The predicted molar refractivity (Wildman–Crippen MR) is 92.0 cm³/mol. The highest BCUT2D eigenvalue weighted by Gasteiger charge is 2.31. The lowest BCUT2D eigenvalue weighted by atomic mass is 10.3. The largest absolute Gasteiger partial charge is 0.474 e. The number of carbonyl (C=O) groups excluding carboxylic acids is 1. The first-order valence-corrected chi connectivity index (χ1v) is 8.35. The quantitative estimate of drug-likeness (QED) is 0.738. The van der Waals surface area contributed by atoms with Crippen LogP contribution in [0.15, 0.2) is 24.5 Å². The highest BCUT2D eigenvalue weighted by atomic mass is 19.3. The van der Waals surface area contributed by atoms with E-state index in [4.69, 9.17) is 4.74 Å². The number of alkyl halides is 2. The van der Waals surface area contributed by atoms with Gasteiger partial charge in [0, 0.05) is 37.6 Å². The number of hydrogen-bond acceptors (Lipinski definition) is 6. The maximum atomic E-state index is 13.9. The summed E-state index contributed by atoms with van der Waals surface area (Å²) in [5, 5.41) is 7.46. The summed E-state index contributed by atoms with van der Waals surface area (Å²) in [5.41, 5.74) is 0.551. The van der Waals surface area contributed by atoms with E-state index in [1.54, 1.807) is 6.07 Å². The van der Waals surface area contributed by atoms with Crippen molar-refractivity contribution in [2.45, 2.75) is 38.7 Å². The van der Waals surface area contributed by atoms with Gasteiger partial charge in [0.05, 0.1) is 11.7 Å². The Bertz CT molecular complexity index is 1030. The molecule has 0 spiro atoms. The number of carbonyl (C=O) groups is 1. The number of rotatable bonds is 5. The van der Waals surface area contributed by atoms with Crippen LogP contribution < -0.4 is 10.1 Å². The molecule has 8 nitrogen and oxygen atoms in total. The molecular weight excluding hydrogens is 358 g/mol. The van der Waals surface area contributed by atoms with Gasteiger partial charge in [0.25, 0.3) is 0 Å². The highest BCUT2D eigenvalue weighted by Crippen LogP contribution is 2.31. The third kappa shape index (κ3) is 3.69. The molecule has 10 heteroatoms. The van der Waals surface area contributed by atoms with Crippen LogP contribution in [0.2, 0.25) is 0 Å². The molecule has 0 bridgehead atoms. The number of aromatic nitrogens is 5. The van der Waals surface area contributed by atoms with Crippen LogP contribution in [0.25, 0.3) is 16.7 Å². The molecule has 3 aromatic heterocycles. The number of halogens is 2. The van der Waals surface area contributed by atoms with E-state index in [-0.39, 0.29) is 23.7 Å². The zero-order chi connectivity index (χ0) is 19.2. The number of fused-ring (bicyclic) bond motifs is 1. The van der Waals surface area contributed by atoms with Crippen LogP contribution in [0.5, 0.6) is 5.88 Å². The van der Waals surface area contributed by atoms with Crippen molar-refractivity contribution < 1.29 is 18.3 Å². The lowest BCUT2D eigenvalue weighted by Crippen LogP contribution is -2.16. The monoisotopic (exact) mass is 374 g/mol. The van der Waals surface area contributed by atoms with Crippen molar-refractivity contribution in [3.8, 4) is 11.7 Å². The standard InChI is InChI=1S/C17H16F2N6O2/c1-9(26)22-13-5-12-10(7-20-13)8-21-25(12)14-6-15(27-11-3-4-11)24-16(23-14)17(2,18)19/h5-8,11H,3-4H2,1-2H3,(H,20,22,26). The van der Waals surface area contributed by atoms with E-state index in [0.29, 0.717) is 16.7 Å². The summed E-state index contributed by atoms with van der Waals surface area (Å²) in [7, 11) is 0. The molecule has 1 fully saturated rings. The summed E-state index contributed by atoms with van der Waals surface area (Å²) in [6.45, 7) is 2.09. The smallest absolute Gasteiger partial charge is 0.304 e. The van der Waals surface area contributed by atoms with E-state index < -0.39 is 11.7 Å². The number of ether oxygens (including phenoxy) is 1. The molecule has 0 aromatic carbocycles. The zero-order valence-electron chi connectivity index (χ0n) is 14.6. The van der Waals surface area contributed by atoms with Crippen LogP contribution in [-0.2, 0) is 10.7 Å². The second-order valence-corrected chi connectivity index (χ2v) is 6.46. The Morgan fingerprint density at radius 3 is 2.74 bits per heavy atom. The van der Waals surface area contributed by atoms with Crippen molar-refractivity contribution >= 4 is 22.6 Å². The summed E-state index contributed by atoms with van der Waals surface area (Å²) in [6, 6.07) is 3.07. The van der Waals surface area contributed by atoms with Gasteiger partial charge in [0.2, 0.25) is 17.6 Å².